The molecule has 2 rings (SSSR count). The predicted molar refractivity (Wildman–Crippen MR) is 72.5 cm³/mol. The molecule has 0 fully saturated rings. The number of rotatable bonds is 4. The summed E-state index contributed by atoms with van der Waals surface area (Å²) in [7, 11) is 3.99. The zero-order chi connectivity index (χ0) is 12.4. The van der Waals surface area contributed by atoms with Crippen molar-refractivity contribution in [2.24, 2.45) is 7.05 Å². The van der Waals surface area contributed by atoms with Gasteiger partial charge < -0.3 is 5.32 Å². The SMILES string of the molecule is CCc1nn(C)cc1C(NC)c1ccsc1C. The maximum atomic E-state index is 4.52. The van der Waals surface area contributed by atoms with E-state index in [1.54, 1.807) is 11.3 Å². The van der Waals surface area contributed by atoms with E-state index in [9.17, 15) is 0 Å². The Kier molecular flexibility index (Phi) is 3.64. The maximum absolute atomic E-state index is 4.52. The van der Waals surface area contributed by atoms with Crippen LogP contribution in [0.4, 0.5) is 0 Å². The normalized spacial score (nSPS) is 12.9. The summed E-state index contributed by atoms with van der Waals surface area (Å²) in [5.74, 6) is 0. The lowest BCUT2D eigenvalue weighted by Crippen LogP contribution is -2.18. The Bertz CT molecular complexity index is 498. The van der Waals surface area contributed by atoms with Gasteiger partial charge in [-0.05, 0) is 37.4 Å². The van der Waals surface area contributed by atoms with Gasteiger partial charge in [0.05, 0.1) is 11.7 Å². The van der Waals surface area contributed by atoms with Gasteiger partial charge in [-0.25, -0.2) is 0 Å². The van der Waals surface area contributed by atoms with Crippen molar-refractivity contribution >= 4 is 11.3 Å². The molecule has 1 unspecified atom stereocenters. The second-order valence-corrected chi connectivity index (χ2v) is 5.33. The third-order valence-corrected chi connectivity index (χ3v) is 3.94. The molecule has 1 N–H and O–H groups in total. The molecule has 0 aliphatic heterocycles. The molecule has 3 nitrogen and oxygen atoms in total. The number of hydrogen-bond donors (Lipinski definition) is 1. The van der Waals surface area contributed by atoms with Crippen LogP contribution in [0.3, 0.4) is 0 Å². The fourth-order valence-corrected chi connectivity index (χ4v) is 2.98. The van der Waals surface area contributed by atoms with Gasteiger partial charge in [-0.3, -0.25) is 4.68 Å². The first-order chi connectivity index (χ1) is 8.17. The Labute approximate surface area is 106 Å². The highest BCUT2D eigenvalue weighted by molar-refractivity contribution is 7.10. The van der Waals surface area contributed by atoms with Crippen molar-refractivity contribution in [3.63, 3.8) is 0 Å². The maximum Gasteiger partial charge on any atom is 0.0673 e. The van der Waals surface area contributed by atoms with E-state index in [0.717, 1.165) is 6.42 Å². The summed E-state index contributed by atoms with van der Waals surface area (Å²) >= 11 is 1.80. The number of aromatic nitrogens is 2. The predicted octanol–water partition coefficient (Wildman–Crippen LogP) is 2.66. The molecule has 2 heterocycles. The molecule has 0 radical (unpaired) electrons. The van der Waals surface area contributed by atoms with Crippen molar-refractivity contribution < 1.29 is 0 Å². The van der Waals surface area contributed by atoms with Crippen LogP contribution in [0.5, 0.6) is 0 Å². The second-order valence-electron chi connectivity index (χ2n) is 4.21. The third-order valence-electron chi connectivity index (χ3n) is 3.08. The molecular weight excluding hydrogens is 230 g/mol. The molecule has 0 aliphatic rings. The van der Waals surface area contributed by atoms with Crippen LogP contribution in [-0.4, -0.2) is 16.8 Å². The van der Waals surface area contributed by atoms with E-state index in [4.69, 9.17) is 0 Å². The molecule has 0 aromatic carbocycles. The van der Waals surface area contributed by atoms with Crippen molar-refractivity contribution in [1.82, 2.24) is 15.1 Å². The quantitative estimate of drug-likeness (QED) is 0.903. The Balaban J connectivity index is 2.45. The minimum Gasteiger partial charge on any atom is -0.309 e. The van der Waals surface area contributed by atoms with Crippen LogP contribution >= 0.6 is 11.3 Å². The van der Waals surface area contributed by atoms with Crippen LogP contribution in [-0.2, 0) is 13.5 Å². The Morgan fingerprint density at radius 1 is 1.47 bits per heavy atom. The van der Waals surface area contributed by atoms with Crippen molar-refractivity contribution in [3.05, 3.63) is 39.3 Å². The van der Waals surface area contributed by atoms with Crippen molar-refractivity contribution in [1.29, 1.82) is 0 Å². The van der Waals surface area contributed by atoms with Crippen molar-refractivity contribution in [2.45, 2.75) is 26.3 Å². The first-order valence-electron chi connectivity index (χ1n) is 5.91. The lowest BCUT2D eigenvalue weighted by Gasteiger charge is -2.16. The fraction of sp³-hybridized carbons (Fsp3) is 0.462. The summed E-state index contributed by atoms with van der Waals surface area (Å²) in [5, 5.41) is 10.1. The van der Waals surface area contributed by atoms with Gasteiger partial charge in [0.25, 0.3) is 0 Å². The zero-order valence-corrected chi connectivity index (χ0v) is 11.6. The van der Waals surface area contributed by atoms with Gasteiger partial charge >= 0.3 is 0 Å². The molecule has 0 saturated heterocycles. The van der Waals surface area contributed by atoms with Crippen LogP contribution in [0.25, 0.3) is 0 Å². The lowest BCUT2D eigenvalue weighted by molar-refractivity contribution is 0.683. The van der Waals surface area contributed by atoms with Gasteiger partial charge in [0.15, 0.2) is 0 Å². The van der Waals surface area contributed by atoms with Crippen LogP contribution < -0.4 is 5.32 Å². The van der Waals surface area contributed by atoms with Gasteiger partial charge in [0, 0.05) is 23.7 Å². The standard InChI is InChI=1S/C13H19N3S/c1-5-12-11(8-16(4)15-12)13(14-3)10-6-7-17-9(10)2/h6-8,13-14H,5H2,1-4H3. The smallest absolute Gasteiger partial charge is 0.0673 e. The largest absolute Gasteiger partial charge is 0.309 e. The molecule has 2 aromatic rings. The molecular formula is C13H19N3S. The molecule has 0 saturated carbocycles. The Hall–Kier alpha value is -1.13. The molecule has 17 heavy (non-hydrogen) atoms. The second kappa shape index (κ2) is 5.02. The average Bonchev–Trinajstić information content (AvgIpc) is 2.88. The number of nitrogens with one attached hydrogen (secondary N) is 1. The molecule has 0 aliphatic carbocycles. The monoisotopic (exact) mass is 249 g/mol. The Morgan fingerprint density at radius 3 is 2.76 bits per heavy atom. The zero-order valence-electron chi connectivity index (χ0n) is 10.8. The van der Waals surface area contributed by atoms with Gasteiger partial charge in [0.2, 0.25) is 0 Å². The van der Waals surface area contributed by atoms with Crippen LogP contribution in [0.2, 0.25) is 0 Å². The summed E-state index contributed by atoms with van der Waals surface area (Å²) < 4.78 is 1.90. The van der Waals surface area contributed by atoms with E-state index in [1.165, 1.54) is 21.7 Å². The number of hydrogen-bond acceptors (Lipinski definition) is 3. The van der Waals surface area contributed by atoms with Gasteiger partial charge in [0.1, 0.15) is 0 Å². The van der Waals surface area contributed by atoms with Crippen molar-refractivity contribution in [3.8, 4) is 0 Å². The molecule has 0 bridgehead atoms. The highest BCUT2D eigenvalue weighted by Crippen LogP contribution is 2.29. The van der Waals surface area contributed by atoms with Gasteiger partial charge in [-0.1, -0.05) is 6.92 Å². The van der Waals surface area contributed by atoms with E-state index >= 15 is 0 Å². The number of nitrogens with zero attached hydrogens (tertiary/aromatic N) is 2. The first kappa shape index (κ1) is 12.3. The molecule has 1 atom stereocenters. The molecule has 0 spiro atoms. The van der Waals surface area contributed by atoms with Crippen LogP contribution in [0, 0.1) is 6.92 Å². The van der Waals surface area contributed by atoms with Gasteiger partial charge in [-0.2, -0.15) is 5.10 Å². The topological polar surface area (TPSA) is 29.9 Å². The molecule has 92 valence electrons. The van der Waals surface area contributed by atoms with E-state index in [2.05, 4.69) is 41.9 Å². The summed E-state index contributed by atoms with van der Waals surface area (Å²) in [4.78, 5) is 1.37. The molecule has 0 amide bonds. The highest BCUT2D eigenvalue weighted by Gasteiger charge is 2.20. The van der Waals surface area contributed by atoms with Crippen LogP contribution in [0.1, 0.15) is 34.7 Å². The fourth-order valence-electron chi connectivity index (χ4n) is 2.24. The van der Waals surface area contributed by atoms with Crippen LogP contribution in [0.15, 0.2) is 17.6 Å². The number of aryl methyl sites for hydroxylation is 3. The minimum atomic E-state index is 0.255. The summed E-state index contributed by atoms with van der Waals surface area (Å²) in [5.41, 5.74) is 3.83. The Morgan fingerprint density at radius 2 is 2.24 bits per heavy atom. The van der Waals surface area contributed by atoms with E-state index in [1.807, 2.05) is 18.8 Å². The number of thiophene rings is 1. The van der Waals surface area contributed by atoms with Gasteiger partial charge in [-0.15, -0.1) is 11.3 Å². The third kappa shape index (κ3) is 2.28. The minimum absolute atomic E-state index is 0.255. The van der Waals surface area contributed by atoms with E-state index in [-0.39, 0.29) is 6.04 Å². The molecule has 2 aromatic heterocycles. The van der Waals surface area contributed by atoms with E-state index < -0.39 is 0 Å². The summed E-state index contributed by atoms with van der Waals surface area (Å²) in [6.45, 7) is 4.32. The summed E-state index contributed by atoms with van der Waals surface area (Å²) in [6.07, 6.45) is 3.09. The first-order valence-corrected chi connectivity index (χ1v) is 6.79. The van der Waals surface area contributed by atoms with E-state index in [0.29, 0.717) is 0 Å². The average molecular weight is 249 g/mol. The van der Waals surface area contributed by atoms with Crippen molar-refractivity contribution in [2.75, 3.05) is 7.05 Å². The summed E-state index contributed by atoms with van der Waals surface area (Å²) in [6, 6.07) is 2.46. The molecule has 4 heteroatoms. The highest BCUT2D eigenvalue weighted by atomic mass is 32.1. The lowest BCUT2D eigenvalue weighted by atomic mass is 9.99.